The van der Waals surface area contributed by atoms with Crippen molar-refractivity contribution in [1.29, 1.82) is 0 Å². The number of carbonyl (C=O) groups excluding carboxylic acids is 1. The molecule has 320 valence electrons. The monoisotopic (exact) mass is 800 g/mol. The van der Waals surface area contributed by atoms with Gasteiger partial charge in [-0.15, -0.1) is 0 Å². The van der Waals surface area contributed by atoms with Gasteiger partial charge in [0.2, 0.25) is 0 Å². The zero-order valence-corrected chi connectivity index (χ0v) is 32.8. The Balaban J connectivity index is 0.998. The van der Waals surface area contributed by atoms with Crippen LogP contribution in [0.3, 0.4) is 0 Å². The van der Waals surface area contributed by atoms with Gasteiger partial charge in [-0.25, -0.2) is 4.79 Å². The van der Waals surface area contributed by atoms with Crippen molar-refractivity contribution in [3.05, 3.63) is 11.1 Å². The Morgan fingerprint density at radius 2 is 1.46 bits per heavy atom. The molecule has 0 radical (unpaired) electrons. The molecule has 0 aromatic carbocycles. The summed E-state index contributed by atoms with van der Waals surface area (Å²) in [6.45, 7) is 6.84. The van der Waals surface area contributed by atoms with E-state index in [9.17, 15) is 55.9 Å². The second kappa shape index (κ2) is 15.9. The number of esters is 1. The Kier molecular flexibility index (Phi) is 12.2. The summed E-state index contributed by atoms with van der Waals surface area (Å²) in [7, 11) is 0. The van der Waals surface area contributed by atoms with E-state index in [2.05, 4.69) is 20.8 Å². The number of carbonyl (C=O) groups is 1. The van der Waals surface area contributed by atoms with Crippen LogP contribution < -0.4 is 0 Å². The fourth-order valence-electron chi connectivity index (χ4n) is 12.6. The van der Waals surface area contributed by atoms with Crippen LogP contribution >= 0.6 is 0 Å². The van der Waals surface area contributed by atoms with E-state index in [1.807, 2.05) is 6.92 Å². The van der Waals surface area contributed by atoms with E-state index in [4.69, 9.17) is 23.7 Å². The molecule has 4 saturated carbocycles. The molecule has 0 aromatic heterocycles. The lowest BCUT2D eigenvalue weighted by Gasteiger charge is -2.65. The van der Waals surface area contributed by atoms with Crippen molar-refractivity contribution in [2.75, 3.05) is 19.8 Å². The molecule has 3 heterocycles. The van der Waals surface area contributed by atoms with E-state index in [1.165, 1.54) is 0 Å². The maximum absolute atomic E-state index is 12.8. The highest BCUT2D eigenvalue weighted by atomic mass is 16.7. The molecular weight excluding hydrogens is 736 g/mol. The lowest BCUT2D eigenvalue weighted by molar-refractivity contribution is -0.340. The first kappa shape index (κ1) is 42.8. The van der Waals surface area contributed by atoms with E-state index >= 15 is 0 Å². The summed E-state index contributed by atoms with van der Waals surface area (Å²) in [5.74, 6) is -0.295. The van der Waals surface area contributed by atoms with Crippen molar-refractivity contribution in [3.8, 4) is 0 Å². The minimum atomic E-state index is -1.69. The van der Waals surface area contributed by atoms with Gasteiger partial charge in [-0.3, -0.25) is 0 Å². The average molecular weight is 801 g/mol. The molecule has 0 amide bonds. The highest BCUT2D eigenvalue weighted by Crippen LogP contribution is 2.70. The first-order chi connectivity index (χ1) is 26.4. The number of cyclic esters (lactones) is 1. The molecule has 6 fully saturated rings. The smallest absolute Gasteiger partial charge is 0.336 e. The van der Waals surface area contributed by atoms with Gasteiger partial charge >= 0.3 is 5.97 Å². The molecule has 7 aliphatic rings. The standard InChI is InChI=1S/C40H64O16/c1-17-11-25(54-35(50)21(17)14-41)18(2)22-8-10-40(51)24-6-5-19-12-20(13-28(43)39(19,4)23(24)7-9-38(22,40)3)53-37-34(49)32(47)30(45)27(56-37)16-52-36-33(48)31(46)29(44)26(15-42)55-36/h18-20,22-34,36-37,41-49,51H,5-16H2,1-4H3/t18-,19?,20+,22?,23?,24?,25?,26+,27+,28-,29+,30+,31-,32-,33+,34+,36?,37+,38+,39-,40-/m0/s1. The summed E-state index contributed by atoms with van der Waals surface area (Å²) in [4.78, 5) is 12.7. The van der Waals surface area contributed by atoms with Gasteiger partial charge in [0.05, 0.1) is 43.2 Å². The molecule has 10 N–H and O–H groups in total. The van der Waals surface area contributed by atoms with E-state index in [-0.39, 0.29) is 48.7 Å². The molecule has 3 aliphatic heterocycles. The number of aliphatic hydroxyl groups is 10. The number of hydrogen-bond donors (Lipinski definition) is 10. The Hall–Kier alpha value is -1.35. The Morgan fingerprint density at radius 1 is 0.804 bits per heavy atom. The molecule has 2 saturated heterocycles. The van der Waals surface area contributed by atoms with Crippen molar-refractivity contribution in [2.24, 2.45) is 40.4 Å². The SMILES string of the molecule is CC1=C(CO)C(=O)OC([C@@H](C)C2CC[C@]3(O)C4CCC5C[C@@H](O[C@@H]6O[C@H](COC7O[C@H](CO)[C@@H](O)[C@H](O)[C@H]7O)[C@@H](O)[C@H](O)[C@H]6O)C[C@H](O)[C@]5(C)C4CC[C@]23C)C1. The van der Waals surface area contributed by atoms with Gasteiger partial charge in [0.15, 0.2) is 12.6 Å². The van der Waals surface area contributed by atoms with Crippen molar-refractivity contribution >= 4 is 5.97 Å². The van der Waals surface area contributed by atoms with Crippen LogP contribution in [0.5, 0.6) is 0 Å². The Labute approximate surface area is 327 Å². The van der Waals surface area contributed by atoms with Crippen LogP contribution in [-0.2, 0) is 28.5 Å². The normalized spacial score (nSPS) is 52.8. The first-order valence-corrected chi connectivity index (χ1v) is 20.6. The highest BCUT2D eigenvalue weighted by Gasteiger charge is 2.69. The van der Waals surface area contributed by atoms with E-state index in [0.717, 1.165) is 37.7 Å². The summed E-state index contributed by atoms with van der Waals surface area (Å²) in [5.41, 5.74) is -0.712. The molecule has 7 rings (SSSR count). The molecular formula is C40H64O16. The molecule has 21 atom stereocenters. The third-order valence-electron chi connectivity index (χ3n) is 16.1. The summed E-state index contributed by atoms with van der Waals surface area (Å²) < 4.78 is 29.0. The molecule has 16 heteroatoms. The number of hydrogen-bond acceptors (Lipinski definition) is 16. The molecule has 0 bridgehead atoms. The number of aliphatic hydroxyl groups excluding tert-OH is 9. The molecule has 0 spiro atoms. The van der Waals surface area contributed by atoms with Gasteiger partial charge in [0, 0.05) is 12.8 Å². The van der Waals surface area contributed by atoms with Crippen LogP contribution in [0.4, 0.5) is 0 Å². The second-order valence-corrected chi connectivity index (χ2v) is 18.6. The number of ether oxygens (including phenoxy) is 5. The minimum absolute atomic E-state index is 0.00527. The van der Waals surface area contributed by atoms with Gasteiger partial charge in [0.1, 0.15) is 54.9 Å². The average Bonchev–Trinajstić information content (AvgIpc) is 3.45. The fraction of sp³-hybridized carbons (Fsp3) is 0.925. The molecule has 56 heavy (non-hydrogen) atoms. The fourth-order valence-corrected chi connectivity index (χ4v) is 12.6. The molecule has 16 nitrogen and oxygen atoms in total. The van der Waals surface area contributed by atoms with Crippen molar-refractivity contribution in [1.82, 2.24) is 0 Å². The summed E-state index contributed by atoms with van der Waals surface area (Å²) >= 11 is 0. The number of fused-ring (bicyclic) bond motifs is 5. The maximum atomic E-state index is 12.8. The lowest BCUT2D eigenvalue weighted by atomic mass is 9.42. The predicted molar refractivity (Wildman–Crippen MR) is 193 cm³/mol. The van der Waals surface area contributed by atoms with Gasteiger partial charge in [-0.2, -0.15) is 0 Å². The summed E-state index contributed by atoms with van der Waals surface area (Å²) in [6.07, 6.45) is -11.1. The maximum Gasteiger partial charge on any atom is 0.336 e. The summed E-state index contributed by atoms with van der Waals surface area (Å²) in [6, 6.07) is 0. The third-order valence-corrected chi connectivity index (χ3v) is 16.1. The van der Waals surface area contributed by atoms with Crippen LogP contribution in [-0.4, -0.2) is 162 Å². The predicted octanol–water partition coefficient (Wildman–Crippen LogP) is -0.999. The highest BCUT2D eigenvalue weighted by molar-refractivity contribution is 5.90. The third kappa shape index (κ3) is 6.81. The van der Waals surface area contributed by atoms with Crippen molar-refractivity contribution in [2.45, 2.75) is 171 Å². The van der Waals surface area contributed by atoms with Gasteiger partial charge in [0.25, 0.3) is 0 Å². The Bertz CT molecular complexity index is 1460. The van der Waals surface area contributed by atoms with Gasteiger partial charge < -0.3 is 74.7 Å². The van der Waals surface area contributed by atoms with E-state index in [1.54, 1.807) is 0 Å². The topological polar surface area (TPSA) is 266 Å². The van der Waals surface area contributed by atoms with Gasteiger partial charge in [-0.05, 0) is 92.3 Å². The van der Waals surface area contributed by atoms with Crippen molar-refractivity contribution < 1.29 is 79.5 Å². The quantitative estimate of drug-likeness (QED) is 0.0991. The van der Waals surface area contributed by atoms with Crippen LogP contribution in [0.1, 0.15) is 85.5 Å². The van der Waals surface area contributed by atoms with Crippen LogP contribution in [0.2, 0.25) is 0 Å². The Morgan fingerprint density at radius 3 is 2.12 bits per heavy atom. The van der Waals surface area contributed by atoms with Crippen LogP contribution in [0, 0.1) is 40.4 Å². The van der Waals surface area contributed by atoms with E-state index in [0.29, 0.717) is 24.8 Å². The lowest BCUT2D eigenvalue weighted by Crippen LogP contribution is -2.66. The summed E-state index contributed by atoms with van der Waals surface area (Å²) in [5, 5.41) is 107. The largest absolute Gasteiger partial charge is 0.458 e. The van der Waals surface area contributed by atoms with Gasteiger partial charge in [-0.1, -0.05) is 26.3 Å². The number of rotatable bonds is 9. The van der Waals surface area contributed by atoms with Crippen LogP contribution in [0.15, 0.2) is 11.1 Å². The second-order valence-electron chi connectivity index (χ2n) is 18.6. The molecule has 0 aromatic rings. The zero-order chi connectivity index (χ0) is 40.6. The van der Waals surface area contributed by atoms with E-state index < -0.39 is 109 Å². The zero-order valence-electron chi connectivity index (χ0n) is 32.8. The van der Waals surface area contributed by atoms with Crippen LogP contribution in [0.25, 0.3) is 0 Å². The first-order valence-electron chi connectivity index (χ1n) is 20.6. The molecule has 4 aliphatic carbocycles. The van der Waals surface area contributed by atoms with Crippen molar-refractivity contribution in [3.63, 3.8) is 0 Å². The molecule has 6 unspecified atom stereocenters. The minimum Gasteiger partial charge on any atom is -0.458 e.